The molecule has 198 valence electrons. The van der Waals surface area contributed by atoms with E-state index in [9.17, 15) is 4.39 Å². The average molecular weight is 545 g/mol. The fourth-order valence-electron chi connectivity index (χ4n) is 5.06. The van der Waals surface area contributed by atoms with Crippen LogP contribution in [0.2, 0.25) is 5.02 Å². The van der Waals surface area contributed by atoms with Gasteiger partial charge in [-0.2, -0.15) is 0 Å². The third-order valence-electron chi connectivity index (χ3n) is 7.12. The molecule has 5 aromatic rings. The Morgan fingerprint density at radius 3 is 2.54 bits per heavy atom. The van der Waals surface area contributed by atoms with Crippen LogP contribution >= 0.6 is 11.6 Å². The van der Waals surface area contributed by atoms with Gasteiger partial charge >= 0.3 is 0 Å². The van der Waals surface area contributed by atoms with Gasteiger partial charge in [0.05, 0.1) is 23.7 Å². The number of aromatic nitrogens is 2. The minimum Gasteiger partial charge on any atom is -0.489 e. The number of fused-ring (bicyclic) bond motifs is 1. The molecule has 1 atom stereocenters. The van der Waals surface area contributed by atoms with Crippen molar-refractivity contribution in [1.29, 1.82) is 0 Å². The summed E-state index contributed by atoms with van der Waals surface area (Å²) in [5, 5.41) is 0.337. The van der Waals surface area contributed by atoms with Gasteiger partial charge in [0.1, 0.15) is 29.8 Å². The number of para-hydroxylation sites is 2. The summed E-state index contributed by atoms with van der Waals surface area (Å²) in [4.78, 5) is 4.83. The van der Waals surface area contributed by atoms with Crippen LogP contribution in [0.15, 0.2) is 84.9 Å². The predicted molar refractivity (Wildman–Crippen MR) is 149 cm³/mol. The van der Waals surface area contributed by atoms with Crippen LogP contribution in [0.25, 0.3) is 22.2 Å². The highest BCUT2D eigenvalue weighted by Crippen LogP contribution is 2.28. The molecule has 0 spiro atoms. The molecular formula is C32H27ClF2N2O2. The summed E-state index contributed by atoms with van der Waals surface area (Å²) in [7, 11) is 0. The molecule has 0 amide bonds. The van der Waals surface area contributed by atoms with Gasteiger partial charge in [0.2, 0.25) is 0 Å². The second-order valence-electron chi connectivity index (χ2n) is 9.80. The van der Waals surface area contributed by atoms with Crippen molar-refractivity contribution in [3.63, 3.8) is 0 Å². The van der Waals surface area contributed by atoms with Crippen LogP contribution in [-0.4, -0.2) is 22.3 Å². The van der Waals surface area contributed by atoms with Crippen LogP contribution in [0.4, 0.5) is 8.78 Å². The summed E-state index contributed by atoms with van der Waals surface area (Å²) in [6.07, 6.45) is 2.61. The first-order valence-electron chi connectivity index (χ1n) is 13.0. The number of rotatable bonds is 8. The zero-order chi connectivity index (χ0) is 26.8. The summed E-state index contributed by atoms with van der Waals surface area (Å²) < 4.78 is 43.4. The highest BCUT2D eigenvalue weighted by Gasteiger charge is 2.20. The molecule has 39 heavy (non-hydrogen) atoms. The van der Waals surface area contributed by atoms with Gasteiger partial charge in [-0.05, 0) is 72.0 Å². The molecule has 1 saturated heterocycles. The molecule has 0 radical (unpaired) electrons. The van der Waals surface area contributed by atoms with Crippen molar-refractivity contribution >= 4 is 22.6 Å². The lowest BCUT2D eigenvalue weighted by molar-refractivity contribution is 0.0973. The quantitative estimate of drug-likeness (QED) is 0.199. The van der Waals surface area contributed by atoms with Crippen LogP contribution in [0, 0.1) is 11.6 Å². The molecule has 1 aromatic heterocycles. The first-order valence-corrected chi connectivity index (χ1v) is 13.4. The van der Waals surface area contributed by atoms with Crippen molar-refractivity contribution in [3.05, 3.63) is 119 Å². The van der Waals surface area contributed by atoms with Gasteiger partial charge in [0.15, 0.2) is 0 Å². The van der Waals surface area contributed by atoms with Gasteiger partial charge in [-0.25, -0.2) is 13.8 Å². The van der Waals surface area contributed by atoms with E-state index < -0.39 is 5.82 Å². The Hall–Kier alpha value is -3.74. The average Bonchev–Trinajstić information content (AvgIpc) is 3.58. The Morgan fingerprint density at radius 1 is 0.897 bits per heavy atom. The Kier molecular flexibility index (Phi) is 7.31. The van der Waals surface area contributed by atoms with E-state index in [4.69, 9.17) is 26.1 Å². The van der Waals surface area contributed by atoms with Crippen LogP contribution in [0.1, 0.15) is 29.8 Å². The van der Waals surface area contributed by atoms with Crippen LogP contribution in [0.3, 0.4) is 0 Å². The summed E-state index contributed by atoms with van der Waals surface area (Å²) in [5.74, 6) is 0.677. The smallest absolute Gasteiger partial charge is 0.131 e. The fraction of sp³-hybridized carbons (Fsp3) is 0.219. The van der Waals surface area contributed by atoms with Gasteiger partial charge < -0.3 is 14.0 Å². The summed E-state index contributed by atoms with van der Waals surface area (Å²) in [5.41, 5.74) is 4.46. The molecule has 0 saturated carbocycles. The fourth-order valence-corrected chi connectivity index (χ4v) is 5.22. The second-order valence-corrected chi connectivity index (χ2v) is 10.2. The third-order valence-corrected chi connectivity index (χ3v) is 7.36. The Morgan fingerprint density at radius 2 is 1.72 bits per heavy atom. The largest absolute Gasteiger partial charge is 0.489 e. The van der Waals surface area contributed by atoms with Gasteiger partial charge in [-0.1, -0.05) is 54.1 Å². The summed E-state index contributed by atoms with van der Waals surface area (Å²) in [6, 6.07) is 25.1. The molecule has 0 bridgehead atoms. The van der Waals surface area contributed by atoms with Gasteiger partial charge in [0, 0.05) is 23.6 Å². The molecule has 0 unspecified atom stereocenters. The second kappa shape index (κ2) is 11.2. The van der Waals surface area contributed by atoms with E-state index >= 15 is 4.39 Å². The summed E-state index contributed by atoms with van der Waals surface area (Å²) in [6.45, 7) is 1.56. The molecule has 0 N–H and O–H groups in total. The lowest BCUT2D eigenvalue weighted by atomic mass is 10.0. The SMILES string of the molecule is Fc1cc(Cl)ccc1COc1cccc(-c2ccc(Cc3nc4ccccc4n3C[C@H]3CCCO3)c(F)c2)c1. The van der Waals surface area contributed by atoms with E-state index in [2.05, 4.69) is 10.6 Å². The van der Waals surface area contributed by atoms with E-state index in [1.165, 1.54) is 6.07 Å². The highest BCUT2D eigenvalue weighted by molar-refractivity contribution is 6.30. The van der Waals surface area contributed by atoms with E-state index in [0.29, 0.717) is 34.9 Å². The number of hydrogen-bond acceptors (Lipinski definition) is 3. The summed E-state index contributed by atoms with van der Waals surface area (Å²) >= 11 is 5.83. The molecule has 6 rings (SSSR count). The van der Waals surface area contributed by atoms with Crippen molar-refractivity contribution in [2.75, 3.05) is 6.61 Å². The number of halogens is 3. The number of nitrogens with zero attached hydrogens (tertiary/aromatic N) is 2. The van der Waals surface area contributed by atoms with Gasteiger partial charge in [-0.15, -0.1) is 0 Å². The van der Waals surface area contributed by atoms with E-state index in [1.54, 1.807) is 24.3 Å². The normalized spacial score (nSPS) is 15.2. The number of imidazole rings is 1. The molecule has 0 aliphatic carbocycles. The van der Waals surface area contributed by atoms with E-state index in [-0.39, 0.29) is 18.5 Å². The van der Waals surface area contributed by atoms with Crippen molar-refractivity contribution in [2.24, 2.45) is 0 Å². The Labute approximate surface area is 230 Å². The predicted octanol–water partition coefficient (Wildman–Crippen LogP) is 7.98. The first-order chi connectivity index (χ1) is 19.0. The molecule has 4 nitrogen and oxygen atoms in total. The topological polar surface area (TPSA) is 36.3 Å². The van der Waals surface area contributed by atoms with Crippen LogP contribution in [0.5, 0.6) is 5.75 Å². The van der Waals surface area contributed by atoms with Gasteiger partial charge in [0.25, 0.3) is 0 Å². The molecular weight excluding hydrogens is 518 g/mol. The zero-order valence-corrected chi connectivity index (χ0v) is 22.0. The third kappa shape index (κ3) is 5.68. The monoisotopic (exact) mass is 544 g/mol. The maximum absolute atomic E-state index is 15.4. The zero-order valence-electron chi connectivity index (χ0n) is 21.2. The lowest BCUT2D eigenvalue weighted by Gasteiger charge is -2.15. The highest BCUT2D eigenvalue weighted by atomic mass is 35.5. The van der Waals surface area contributed by atoms with Crippen molar-refractivity contribution < 1.29 is 18.3 Å². The van der Waals surface area contributed by atoms with E-state index in [0.717, 1.165) is 47.4 Å². The maximum atomic E-state index is 15.4. The molecule has 1 aliphatic heterocycles. The molecule has 7 heteroatoms. The van der Waals surface area contributed by atoms with Crippen LogP contribution < -0.4 is 4.74 Å². The molecule has 1 aliphatic rings. The van der Waals surface area contributed by atoms with Crippen molar-refractivity contribution in [1.82, 2.24) is 9.55 Å². The van der Waals surface area contributed by atoms with E-state index in [1.807, 2.05) is 48.5 Å². The van der Waals surface area contributed by atoms with Gasteiger partial charge in [-0.3, -0.25) is 0 Å². The molecule has 2 heterocycles. The Balaban J connectivity index is 1.21. The van der Waals surface area contributed by atoms with Crippen molar-refractivity contribution in [2.45, 2.75) is 38.5 Å². The number of hydrogen-bond donors (Lipinski definition) is 0. The lowest BCUT2D eigenvalue weighted by Crippen LogP contribution is -2.17. The van der Waals surface area contributed by atoms with Crippen molar-refractivity contribution in [3.8, 4) is 16.9 Å². The first kappa shape index (κ1) is 25.5. The number of benzene rings is 4. The minimum absolute atomic E-state index is 0.0622. The molecule has 1 fully saturated rings. The number of ether oxygens (including phenoxy) is 2. The standard InChI is InChI=1S/C32H27ClF2N2O2/c33-25-13-12-24(29(35)18-25)20-39-26-6-3-5-21(15-26)22-10-11-23(28(34)16-22)17-32-36-30-8-1-2-9-31(30)37(32)19-27-7-4-14-38-27/h1-3,5-6,8-13,15-16,18,27H,4,7,14,17,19-20H2/t27-/m1/s1. The van der Waals surface area contributed by atoms with Crippen LogP contribution in [-0.2, 0) is 24.3 Å². The maximum Gasteiger partial charge on any atom is 0.131 e. The molecule has 4 aromatic carbocycles. The Bertz CT molecular complexity index is 1630. The minimum atomic E-state index is -0.416.